The van der Waals surface area contributed by atoms with E-state index < -0.39 is 5.69 Å². The third-order valence-corrected chi connectivity index (χ3v) is 6.97. The molecule has 9 nitrogen and oxygen atoms in total. The number of aromatic nitrogens is 4. The van der Waals surface area contributed by atoms with E-state index in [1.54, 1.807) is 29.5 Å². The van der Waals surface area contributed by atoms with E-state index in [9.17, 15) is 9.59 Å². The normalized spacial score (nSPS) is 15.7. The third kappa shape index (κ3) is 3.50. The van der Waals surface area contributed by atoms with Crippen LogP contribution in [0.1, 0.15) is 23.8 Å². The first kappa shape index (κ1) is 20.5. The van der Waals surface area contributed by atoms with Crippen molar-refractivity contribution in [1.29, 1.82) is 0 Å². The first-order chi connectivity index (χ1) is 15.5. The first-order valence-electron chi connectivity index (χ1n) is 10.4. The quantitative estimate of drug-likeness (QED) is 0.499. The summed E-state index contributed by atoms with van der Waals surface area (Å²) in [6.07, 6.45) is 4.59. The molecule has 32 heavy (non-hydrogen) atoms. The number of anilines is 1. The minimum Gasteiger partial charge on any atom is -0.497 e. The molecule has 3 aromatic heterocycles. The van der Waals surface area contributed by atoms with Gasteiger partial charge in [0.1, 0.15) is 29.2 Å². The SMILES string of the molecule is COc1cc(NC(=O)Cn2nc3c4c5c(sc4ncn3c2=O)C[C@@H](C)CC5)cc(OC)c1. The van der Waals surface area contributed by atoms with E-state index >= 15 is 0 Å². The zero-order valence-corrected chi connectivity index (χ0v) is 18.9. The van der Waals surface area contributed by atoms with Gasteiger partial charge in [-0.3, -0.25) is 4.79 Å². The van der Waals surface area contributed by atoms with Crippen molar-refractivity contribution in [2.24, 2.45) is 5.92 Å². The predicted molar refractivity (Wildman–Crippen MR) is 122 cm³/mol. The maximum absolute atomic E-state index is 12.9. The topological polar surface area (TPSA) is 99.7 Å². The van der Waals surface area contributed by atoms with E-state index in [0.717, 1.165) is 29.5 Å². The van der Waals surface area contributed by atoms with Gasteiger partial charge in [-0.05, 0) is 30.7 Å². The molecule has 1 aliphatic rings. The molecule has 0 saturated heterocycles. The number of ether oxygens (including phenoxy) is 2. The van der Waals surface area contributed by atoms with Crippen LogP contribution in [0.25, 0.3) is 15.9 Å². The molecule has 0 unspecified atom stereocenters. The van der Waals surface area contributed by atoms with Crippen LogP contribution >= 0.6 is 11.3 Å². The van der Waals surface area contributed by atoms with Crippen LogP contribution < -0.4 is 20.5 Å². The third-order valence-electron chi connectivity index (χ3n) is 5.81. The lowest BCUT2D eigenvalue weighted by Crippen LogP contribution is -2.28. The number of rotatable bonds is 5. The number of nitrogens with zero attached hydrogens (tertiary/aromatic N) is 4. The minimum atomic E-state index is -0.392. The second-order valence-electron chi connectivity index (χ2n) is 8.06. The van der Waals surface area contributed by atoms with Crippen LogP contribution in [0.15, 0.2) is 29.3 Å². The summed E-state index contributed by atoms with van der Waals surface area (Å²) >= 11 is 1.68. The maximum atomic E-state index is 12.9. The van der Waals surface area contributed by atoms with Crippen molar-refractivity contribution < 1.29 is 14.3 Å². The van der Waals surface area contributed by atoms with E-state index in [2.05, 4.69) is 22.3 Å². The van der Waals surface area contributed by atoms with Crippen molar-refractivity contribution in [3.05, 3.63) is 45.5 Å². The highest BCUT2D eigenvalue weighted by molar-refractivity contribution is 7.19. The number of carbonyl (C=O) groups excluding carboxylic acids is 1. The second-order valence-corrected chi connectivity index (χ2v) is 9.14. The molecule has 10 heteroatoms. The molecular formula is C22H23N5O4S. The smallest absolute Gasteiger partial charge is 0.352 e. The molecule has 4 aromatic rings. The molecule has 0 radical (unpaired) electrons. The molecule has 0 fully saturated rings. The summed E-state index contributed by atoms with van der Waals surface area (Å²) in [5.41, 5.74) is 1.92. The van der Waals surface area contributed by atoms with Gasteiger partial charge in [0.25, 0.3) is 0 Å². The van der Waals surface area contributed by atoms with Gasteiger partial charge in [-0.1, -0.05) is 6.92 Å². The van der Waals surface area contributed by atoms with Gasteiger partial charge in [0.2, 0.25) is 5.91 Å². The Morgan fingerprint density at radius 3 is 2.72 bits per heavy atom. The van der Waals surface area contributed by atoms with Crippen molar-refractivity contribution in [2.75, 3.05) is 19.5 Å². The van der Waals surface area contributed by atoms with Crippen LogP contribution in [-0.4, -0.2) is 39.3 Å². The number of amides is 1. The van der Waals surface area contributed by atoms with Gasteiger partial charge in [0, 0.05) is 28.8 Å². The average molecular weight is 454 g/mol. The molecular weight excluding hydrogens is 430 g/mol. The molecule has 1 aromatic carbocycles. The number of fused-ring (bicyclic) bond motifs is 5. The molecule has 1 N–H and O–H groups in total. The molecule has 0 bridgehead atoms. The predicted octanol–water partition coefficient (Wildman–Crippen LogP) is 2.89. The number of methoxy groups -OCH3 is 2. The summed E-state index contributed by atoms with van der Waals surface area (Å²) < 4.78 is 13.1. The van der Waals surface area contributed by atoms with Gasteiger partial charge >= 0.3 is 5.69 Å². The van der Waals surface area contributed by atoms with Crippen molar-refractivity contribution in [2.45, 2.75) is 32.7 Å². The number of hydrogen-bond acceptors (Lipinski definition) is 7. The maximum Gasteiger partial charge on any atom is 0.352 e. The van der Waals surface area contributed by atoms with Crippen LogP contribution in [0.3, 0.4) is 0 Å². The van der Waals surface area contributed by atoms with E-state index in [-0.39, 0.29) is 12.5 Å². The highest BCUT2D eigenvalue weighted by Crippen LogP contribution is 2.38. The van der Waals surface area contributed by atoms with Crippen LogP contribution in [0.4, 0.5) is 5.69 Å². The minimum absolute atomic E-state index is 0.217. The Hall–Kier alpha value is -3.40. The molecule has 5 rings (SSSR count). The summed E-state index contributed by atoms with van der Waals surface area (Å²) in [7, 11) is 3.07. The number of nitrogens with one attached hydrogen (secondary N) is 1. The van der Waals surface area contributed by atoms with Gasteiger partial charge in [-0.15, -0.1) is 16.4 Å². The first-order valence-corrected chi connectivity index (χ1v) is 11.2. The Bertz CT molecular complexity index is 1380. The van der Waals surface area contributed by atoms with Gasteiger partial charge in [0.05, 0.1) is 19.6 Å². The summed E-state index contributed by atoms with van der Waals surface area (Å²) in [5.74, 6) is 1.37. The van der Waals surface area contributed by atoms with Crippen molar-refractivity contribution in [3.63, 3.8) is 0 Å². The van der Waals surface area contributed by atoms with Crippen molar-refractivity contribution >= 4 is 38.8 Å². The second kappa shape index (κ2) is 7.94. The molecule has 1 amide bonds. The Morgan fingerprint density at radius 1 is 1.25 bits per heavy atom. The molecule has 1 aliphatic carbocycles. The molecule has 3 heterocycles. The van der Waals surface area contributed by atoms with Gasteiger partial charge in [0.15, 0.2) is 5.65 Å². The van der Waals surface area contributed by atoms with Gasteiger partial charge < -0.3 is 14.8 Å². The number of hydrogen-bond donors (Lipinski definition) is 1. The number of thiophene rings is 1. The lowest BCUT2D eigenvalue weighted by Gasteiger charge is -2.17. The van der Waals surface area contributed by atoms with E-state index in [4.69, 9.17) is 9.47 Å². The molecule has 166 valence electrons. The van der Waals surface area contributed by atoms with Crippen LogP contribution in [-0.2, 0) is 24.2 Å². The lowest BCUT2D eigenvalue weighted by atomic mass is 9.89. The average Bonchev–Trinajstić information content (AvgIpc) is 3.30. The Balaban J connectivity index is 1.47. The summed E-state index contributed by atoms with van der Waals surface area (Å²) in [6, 6.07) is 5.07. The van der Waals surface area contributed by atoms with Gasteiger partial charge in [-0.2, -0.15) is 0 Å². The van der Waals surface area contributed by atoms with Crippen molar-refractivity contribution in [3.8, 4) is 11.5 Å². The Morgan fingerprint density at radius 2 is 2.00 bits per heavy atom. The lowest BCUT2D eigenvalue weighted by molar-refractivity contribution is -0.117. The monoisotopic (exact) mass is 453 g/mol. The number of carbonyl (C=O) groups is 1. The summed E-state index contributed by atoms with van der Waals surface area (Å²) in [6.45, 7) is 2.04. The summed E-state index contributed by atoms with van der Waals surface area (Å²) in [5, 5.41) is 8.23. The number of benzene rings is 1. The van der Waals surface area contributed by atoms with E-state index in [1.807, 2.05) is 0 Å². The van der Waals surface area contributed by atoms with Crippen molar-refractivity contribution in [1.82, 2.24) is 19.2 Å². The Kier molecular flexibility index (Phi) is 5.09. The summed E-state index contributed by atoms with van der Waals surface area (Å²) in [4.78, 5) is 32.3. The zero-order chi connectivity index (χ0) is 22.4. The van der Waals surface area contributed by atoms with Crippen LogP contribution in [0.2, 0.25) is 0 Å². The highest BCUT2D eigenvalue weighted by Gasteiger charge is 2.24. The fraction of sp³-hybridized carbons (Fsp3) is 0.364. The fourth-order valence-electron chi connectivity index (χ4n) is 4.18. The van der Waals surface area contributed by atoms with Crippen LogP contribution in [0.5, 0.6) is 11.5 Å². The molecule has 0 saturated carbocycles. The van der Waals surface area contributed by atoms with Gasteiger partial charge in [-0.25, -0.2) is 18.9 Å². The molecule has 0 spiro atoms. The fourth-order valence-corrected chi connectivity index (χ4v) is 5.53. The molecule has 0 aliphatic heterocycles. The van der Waals surface area contributed by atoms with E-state index in [1.165, 1.54) is 40.1 Å². The standard InChI is InChI=1S/C22H23N5O4S/c1-12-4-5-16-17(6-12)32-21-19(16)20-25-27(22(29)26(20)11-23-21)10-18(28)24-13-7-14(30-2)9-15(8-13)31-3/h7-9,11-12H,4-6,10H2,1-3H3,(H,24,28)/t12-/m0/s1. The highest BCUT2D eigenvalue weighted by atomic mass is 32.1. The Labute approximate surface area is 187 Å². The number of aryl methyl sites for hydroxylation is 1. The van der Waals surface area contributed by atoms with Crippen LogP contribution in [0, 0.1) is 5.92 Å². The largest absolute Gasteiger partial charge is 0.497 e. The zero-order valence-electron chi connectivity index (χ0n) is 18.0. The molecule has 1 atom stereocenters. The van der Waals surface area contributed by atoms with E-state index in [0.29, 0.717) is 28.8 Å².